The summed E-state index contributed by atoms with van der Waals surface area (Å²) in [5, 5.41) is 6.85. The second kappa shape index (κ2) is 10.9. The van der Waals surface area contributed by atoms with E-state index >= 15 is 0 Å². The first kappa shape index (κ1) is 20.4. The number of aliphatic imine (C=N–C) groups is 1. The number of hydrogen-bond donors (Lipinski definition) is 2. The molecule has 0 spiro atoms. The number of guanidine groups is 1. The van der Waals surface area contributed by atoms with E-state index in [0.717, 1.165) is 35.5 Å². The molecule has 0 saturated carbocycles. The van der Waals surface area contributed by atoms with Gasteiger partial charge < -0.3 is 25.0 Å². The van der Waals surface area contributed by atoms with Gasteiger partial charge in [-0.25, -0.2) is 0 Å². The van der Waals surface area contributed by atoms with Crippen LogP contribution in [0, 0.1) is 5.92 Å². The summed E-state index contributed by atoms with van der Waals surface area (Å²) in [7, 11) is 5.14. The maximum Gasteiger partial charge on any atom is 0.191 e. The predicted octanol–water partition coefficient (Wildman–Crippen LogP) is 2.49. The van der Waals surface area contributed by atoms with Crippen molar-refractivity contribution in [3.63, 3.8) is 0 Å². The number of benzene rings is 1. The average Bonchev–Trinajstić information content (AvgIpc) is 2.69. The van der Waals surface area contributed by atoms with Gasteiger partial charge in [-0.3, -0.25) is 4.99 Å². The van der Waals surface area contributed by atoms with Gasteiger partial charge in [-0.05, 0) is 56.9 Å². The zero-order valence-corrected chi connectivity index (χ0v) is 16.7. The highest BCUT2D eigenvalue weighted by molar-refractivity contribution is 5.79. The molecule has 1 aromatic rings. The molecule has 1 aromatic carbocycles. The average molecular weight is 363 g/mol. The van der Waals surface area contributed by atoms with Crippen LogP contribution in [0.2, 0.25) is 0 Å². The Kier molecular flexibility index (Phi) is 8.54. The molecule has 2 rings (SSSR count). The number of nitrogens with zero attached hydrogens (tertiary/aromatic N) is 2. The van der Waals surface area contributed by atoms with Crippen LogP contribution in [-0.4, -0.2) is 58.3 Å². The van der Waals surface area contributed by atoms with E-state index in [1.807, 2.05) is 25.2 Å². The van der Waals surface area contributed by atoms with Crippen molar-refractivity contribution in [2.45, 2.75) is 32.7 Å². The molecule has 0 aromatic heterocycles. The van der Waals surface area contributed by atoms with Crippen molar-refractivity contribution in [1.29, 1.82) is 0 Å². The van der Waals surface area contributed by atoms with Gasteiger partial charge in [-0.2, -0.15) is 0 Å². The Morgan fingerprint density at radius 3 is 2.58 bits per heavy atom. The van der Waals surface area contributed by atoms with Crippen molar-refractivity contribution in [3.05, 3.63) is 23.8 Å². The van der Waals surface area contributed by atoms with Crippen LogP contribution in [0.25, 0.3) is 0 Å². The number of likely N-dealkylation sites (tertiary alicyclic amines) is 1. The molecule has 0 aliphatic carbocycles. The molecule has 146 valence electrons. The summed E-state index contributed by atoms with van der Waals surface area (Å²) in [5.74, 6) is 3.16. The van der Waals surface area contributed by atoms with E-state index in [0.29, 0.717) is 6.54 Å². The zero-order valence-electron chi connectivity index (χ0n) is 16.7. The highest BCUT2D eigenvalue weighted by Gasteiger charge is 2.18. The lowest BCUT2D eigenvalue weighted by Crippen LogP contribution is -2.42. The van der Waals surface area contributed by atoms with Crippen LogP contribution in [-0.2, 0) is 6.54 Å². The fraction of sp³-hybridized carbons (Fsp3) is 0.650. The van der Waals surface area contributed by atoms with Crippen molar-refractivity contribution in [2.75, 3.05) is 47.4 Å². The Hall–Kier alpha value is -1.95. The van der Waals surface area contributed by atoms with Crippen molar-refractivity contribution in [3.8, 4) is 11.5 Å². The van der Waals surface area contributed by atoms with Gasteiger partial charge in [0.25, 0.3) is 0 Å². The standard InChI is InChI=1S/C20H34N4O2/c1-5-10-24-11-8-16(9-12-24)14-22-20(21-2)23-15-17-6-7-18(25-3)13-19(17)26-4/h6-7,13,16H,5,8-12,14-15H2,1-4H3,(H2,21,22,23). The molecule has 0 unspecified atom stereocenters. The molecule has 0 amide bonds. The molecule has 0 radical (unpaired) electrons. The van der Waals surface area contributed by atoms with E-state index in [4.69, 9.17) is 9.47 Å². The highest BCUT2D eigenvalue weighted by Crippen LogP contribution is 2.24. The fourth-order valence-electron chi connectivity index (χ4n) is 3.37. The second-order valence-corrected chi connectivity index (χ2v) is 6.77. The topological polar surface area (TPSA) is 58.1 Å². The van der Waals surface area contributed by atoms with Gasteiger partial charge in [0.2, 0.25) is 0 Å². The van der Waals surface area contributed by atoms with Crippen LogP contribution in [0.5, 0.6) is 11.5 Å². The predicted molar refractivity (Wildman–Crippen MR) is 107 cm³/mol. The molecular formula is C20H34N4O2. The van der Waals surface area contributed by atoms with Crippen LogP contribution in [0.15, 0.2) is 23.2 Å². The molecule has 0 bridgehead atoms. The number of methoxy groups -OCH3 is 2. The molecule has 1 aliphatic rings. The molecule has 1 aliphatic heterocycles. The van der Waals surface area contributed by atoms with Crippen LogP contribution in [0.1, 0.15) is 31.7 Å². The minimum absolute atomic E-state index is 0.655. The first-order chi connectivity index (χ1) is 12.7. The van der Waals surface area contributed by atoms with E-state index in [1.165, 1.54) is 38.9 Å². The Morgan fingerprint density at radius 1 is 1.19 bits per heavy atom. The van der Waals surface area contributed by atoms with Gasteiger partial charge >= 0.3 is 0 Å². The van der Waals surface area contributed by atoms with Gasteiger partial charge in [-0.15, -0.1) is 0 Å². The Labute approximate surface area is 158 Å². The third kappa shape index (κ3) is 6.09. The largest absolute Gasteiger partial charge is 0.497 e. The van der Waals surface area contributed by atoms with Crippen LogP contribution in [0.4, 0.5) is 0 Å². The monoisotopic (exact) mass is 362 g/mol. The molecule has 2 N–H and O–H groups in total. The van der Waals surface area contributed by atoms with Crippen molar-refractivity contribution in [2.24, 2.45) is 10.9 Å². The Bertz CT molecular complexity index is 569. The van der Waals surface area contributed by atoms with E-state index in [1.54, 1.807) is 14.2 Å². The maximum atomic E-state index is 5.45. The van der Waals surface area contributed by atoms with Gasteiger partial charge in [0.05, 0.1) is 14.2 Å². The summed E-state index contributed by atoms with van der Waals surface area (Å²) in [5.41, 5.74) is 1.07. The second-order valence-electron chi connectivity index (χ2n) is 6.77. The van der Waals surface area contributed by atoms with Gasteiger partial charge in [0, 0.05) is 31.8 Å². The Morgan fingerprint density at radius 2 is 1.96 bits per heavy atom. The smallest absolute Gasteiger partial charge is 0.191 e. The van der Waals surface area contributed by atoms with Gasteiger partial charge in [-0.1, -0.05) is 6.92 Å². The minimum Gasteiger partial charge on any atom is -0.497 e. The quantitative estimate of drug-likeness (QED) is 0.550. The maximum absolute atomic E-state index is 5.45. The van der Waals surface area contributed by atoms with Crippen molar-refractivity contribution >= 4 is 5.96 Å². The van der Waals surface area contributed by atoms with Crippen LogP contribution in [0.3, 0.4) is 0 Å². The lowest BCUT2D eigenvalue weighted by Gasteiger charge is -2.32. The molecule has 1 saturated heterocycles. The van der Waals surface area contributed by atoms with Crippen molar-refractivity contribution in [1.82, 2.24) is 15.5 Å². The highest BCUT2D eigenvalue weighted by atomic mass is 16.5. The number of piperidine rings is 1. The lowest BCUT2D eigenvalue weighted by molar-refractivity contribution is 0.185. The van der Waals surface area contributed by atoms with Gasteiger partial charge in [0.15, 0.2) is 5.96 Å². The number of hydrogen-bond acceptors (Lipinski definition) is 4. The number of rotatable bonds is 8. The number of nitrogens with one attached hydrogen (secondary N) is 2. The molecule has 6 nitrogen and oxygen atoms in total. The van der Waals surface area contributed by atoms with E-state index in [9.17, 15) is 0 Å². The minimum atomic E-state index is 0.655. The molecule has 26 heavy (non-hydrogen) atoms. The SMILES string of the molecule is CCCN1CCC(CNC(=NC)NCc2ccc(OC)cc2OC)CC1. The van der Waals surface area contributed by atoms with E-state index in [-0.39, 0.29) is 0 Å². The number of ether oxygens (including phenoxy) is 2. The van der Waals surface area contributed by atoms with E-state index in [2.05, 4.69) is 27.4 Å². The third-order valence-electron chi connectivity index (χ3n) is 4.97. The molecule has 6 heteroatoms. The molecule has 0 atom stereocenters. The summed E-state index contributed by atoms with van der Waals surface area (Å²) in [6.45, 7) is 7.54. The molecule has 1 fully saturated rings. The zero-order chi connectivity index (χ0) is 18.8. The summed E-state index contributed by atoms with van der Waals surface area (Å²) in [6, 6.07) is 5.86. The molecular weight excluding hydrogens is 328 g/mol. The van der Waals surface area contributed by atoms with Crippen LogP contribution < -0.4 is 20.1 Å². The van der Waals surface area contributed by atoms with Crippen LogP contribution >= 0.6 is 0 Å². The first-order valence-corrected chi connectivity index (χ1v) is 9.57. The first-order valence-electron chi connectivity index (χ1n) is 9.57. The molecule has 1 heterocycles. The summed E-state index contributed by atoms with van der Waals surface area (Å²) >= 11 is 0. The van der Waals surface area contributed by atoms with E-state index < -0.39 is 0 Å². The lowest BCUT2D eigenvalue weighted by atomic mass is 9.97. The van der Waals surface area contributed by atoms with Crippen molar-refractivity contribution < 1.29 is 9.47 Å². The normalized spacial score (nSPS) is 16.4. The Balaban J connectivity index is 1.78. The summed E-state index contributed by atoms with van der Waals surface area (Å²) < 4.78 is 10.7. The third-order valence-corrected chi connectivity index (χ3v) is 4.97. The summed E-state index contributed by atoms with van der Waals surface area (Å²) in [4.78, 5) is 6.91. The fourth-order valence-corrected chi connectivity index (χ4v) is 3.37. The summed E-state index contributed by atoms with van der Waals surface area (Å²) in [6.07, 6.45) is 3.76. The van der Waals surface area contributed by atoms with Gasteiger partial charge in [0.1, 0.15) is 11.5 Å².